The summed E-state index contributed by atoms with van der Waals surface area (Å²) in [6, 6.07) is 8.63. The van der Waals surface area contributed by atoms with E-state index < -0.39 is 0 Å². The van der Waals surface area contributed by atoms with E-state index in [9.17, 15) is 0 Å². The minimum absolute atomic E-state index is 0.328. The summed E-state index contributed by atoms with van der Waals surface area (Å²) in [5.41, 5.74) is 7.25. The van der Waals surface area contributed by atoms with E-state index in [0.29, 0.717) is 6.04 Å². The standard InChI is InChI=1S/C14H22N2O/c1-2-13(15)7-8-16-9-10-17-14-6-4-3-5-12(14)11-16/h3-6,13H,2,7-11,15H2,1H3. The molecule has 0 aliphatic carbocycles. The Morgan fingerprint density at radius 2 is 2.24 bits per heavy atom. The molecule has 0 spiro atoms. The quantitative estimate of drug-likeness (QED) is 0.866. The SMILES string of the molecule is CCC(N)CCN1CCOc2ccccc2C1. The maximum atomic E-state index is 5.97. The number of nitrogens with two attached hydrogens (primary N) is 1. The average Bonchev–Trinajstić information content (AvgIpc) is 2.57. The first-order valence-electron chi connectivity index (χ1n) is 6.48. The zero-order valence-corrected chi connectivity index (χ0v) is 10.6. The van der Waals surface area contributed by atoms with Gasteiger partial charge in [-0.05, 0) is 18.9 Å². The van der Waals surface area contributed by atoms with Gasteiger partial charge in [0.05, 0.1) is 0 Å². The van der Waals surface area contributed by atoms with Crippen molar-refractivity contribution in [3.8, 4) is 5.75 Å². The van der Waals surface area contributed by atoms with E-state index in [-0.39, 0.29) is 0 Å². The number of nitrogens with zero attached hydrogens (tertiary/aromatic N) is 1. The Balaban J connectivity index is 1.94. The van der Waals surface area contributed by atoms with Crippen molar-refractivity contribution in [3.63, 3.8) is 0 Å². The molecule has 2 rings (SSSR count). The van der Waals surface area contributed by atoms with Crippen LogP contribution in [0.15, 0.2) is 24.3 Å². The van der Waals surface area contributed by atoms with Crippen LogP contribution in [-0.4, -0.2) is 30.6 Å². The number of ether oxygens (including phenoxy) is 1. The molecule has 3 nitrogen and oxygen atoms in total. The van der Waals surface area contributed by atoms with E-state index in [1.807, 2.05) is 6.07 Å². The zero-order valence-electron chi connectivity index (χ0n) is 10.6. The van der Waals surface area contributed by atoms with Crippen molar-refractivity contribution >= 4 is 0 Å². The summed E-state index contributed by atoms with van der Waals surface area (Å²) in [5.74, 6) is 1.04. The first kappa shape index (κ1) is 12.4. The fourth-order valence-electron chi connectivity index (χ4n) is 2.12. The fraction of sp³-hybridized carbons (Fsp3) is 0.571. The van der Waals surface area contributed by atoms with Crippen LogP contribution in [0.5, 0.6) is 5.75 Å². The van der Waals surface area contributed by atoms with Gasteiger partial charge in [0.1, 0.15) is 12.4 Å². The third kappa shape index (κ3) is 3.45. The zero-order chi connectivity index (χ0) is 12.1. The van der Waals surface area contributed by atoms with Gasteiger partial charge in [0.25, 0.3) is 0 Å². The molecule has 1 heterocycles. The Morgan fingerprint density at radius 3 is 3.06 bits per heavy atom. The van der Waals surface area contributed by atoms with Gasteiger partial charge in [0, 0.05) is 31.2 Å². The van der Waals surface area contributed by atoms with Gasteiger partial charge in [-0.25, -0.2) is 0 Å². The van der Waals surface area contributed by atoms with Crippen molar-refractivity contribution in [2.75, 3.05) is 19.7 Å². The predicted molar refractivity (Wildman–Crippen MR) is 70.1 cm³/mol. The van der Waals surface area contributed by atoms with Crippen LogP contribution in [0, 0.1) is 0 Å². The van der Waals surface area contributed by atoms with Crippen LogP contribution < -0.4 is 10.5 Å². The van der Waals surface area contributed by atoms with Crippen LogP contribution >= 0.6 is 0 Å². The second-order valence-corrected chi connectivity index (χ2v) is 4.69. The monoisotopic (exact) mass is 234 g/mol. The highest BCUT2D eigenvalue weighted by Gasteiger charge is 2.14. The summed E-state index contributed by atoms with van der Waals surface area (Å²) in [4.78, 5) is 2.43. The molecule has 17 heavy (non-hydrogen) atoms. The maximum absolute atomic E-state index is 5.97. The van der Waals surface area contributed by atoms with Gasteiger partial charge >= 0.3 is 0 Å². The van der Waals surface area contributed by atoms with Crippen LogP contribution in [0.3, 0.4) is 0 Å². The molecule has 3 heteroatoms. The van der Waals surface area contributed by atoms with Crippen LogP contribution in [0.4, 0.5) is 0 Å². The lowest BCUT2D eigenvalue weighted by Crippen LogP contribution is -2.31. The second-order valence-electron chi connectivity index (χ2n) is 4.69. The maximum Gasteiger partial charge on any atom is 0.123 e. The van der Waals surface area contributed by atoms with Gasteiger partial charge in [-0.2, -0.15) is 0 Å². The molecule has 0 radical (unpaired) electrons. The Bertz CT molecular complexity index is 354. The van der Waals surface area contributed by atoms with Crippen molar-refractivity contribution < 1.29 is 4.74 Å². The minimum atomic E-state index is 0.328. The van der Waals surface area contributed by atoms with Crippen LogP contribution in [0.25, 0.3) is 0 Å². The molecule has 1 atom stereocenters. The summed E-state index contributed by atoms with van der Waals surface area (Å²) in [6.45, 7) is 5.95. The first-order valence-corrected chi connectivity index (χ1v) is 6.48. The molecule has 2 N–H and O–H groups in total. The van der Waals surface area contributed by atoms with E-state index in [1.165, 1.54) is 5.56 Å². The van der Waals surface area contributed by atoms with Crippen LogP contribution in [0.2, 0.25) is 0 Å². The fourth-order valence-corrected chi connectivity index (χ4v) is 2.12. The summed E-state index contributed by atoms with van der Waals surface area (Å²) < 4.78 is 5.74. The third-order valence-electron chi connectivity index (χ3n) is 3.37. The molecule has 0 amide bonds. The van der Waals surface area contributed by atoms with Crippen molar-refractivity contribution in [1.29, 1.82) is 0 Å². The number of benzene rings is 1. The van der Waals surface area contributed by atoms with Crippen molar-refractivity contribution in [3.05, 3.63) is 29.8 Å². The Morgan fingerprint density at radius 1 is 1.41 bits per heavy atom. The highest BCUT2D eigenvalue weighted by atomic mass is 16.5. The average molecular weight is 234 g/mol. The van der Waals surface area contributed by atoms with Gasteiger partial charge in [-0.15, -0.1) is 0 Å². The molecule has 94 valence electrons. The molecular weight excluding hydrogens is 212 g/mol. The predicted octanol–water partition coefficient (Wildman–Crippen LogP) is 2.01. The number of hydrogen-bond donors (Lipinski definition) is 1. The summed E-state index contributed by atoms with van der Waals surface area (Å²) in [6.07, 6.45) is 2.12. The Labute approximate surface area is 104 Å². The number of rotatable bonds is 4. The topological polar surface area (TPSA) is 38.5 Å². The van der Waals surface area contributed by atoms with Crippen molar-refractivity contribution in [2.24, 2.45) is 5.73 Å². The number of fused-ring (bicyclic) bond motifs is 1. The van der Waals surface area contributed by atoms with Gasteiger partial charge in [0.15, 0.2) is 0 Å². The van der Waals surface area contributed by atoms with Crippen LogP contribution in [0.1, 0.15) is 25.3 Å². The van der Waals surface area contributed by atoms with Gasteiger partial charge in [0.2, 0.25) is 0 Å². The smallest absolute Gasteiger partial charge is 0.123 e. The van der Waals surface area contributed by atoms with Crippen molar-refractivity contribution in [2.45, 2.75) is 32.4 Å². The molecule has 0 saturated carbocycles. The largest absolute Gasteiger partial charge is 0.492 e. The third-order valence-corrected chi connectivity index (χ3v) is 3.37. The molecule has 1 unspecified atom stereocenters. The normalized spacial score (nSPS) is 18.0. The molecule has 1 aromatic rings. The molecular formula is C14H22N2O. The second kappa shape index (κ2) is 6.03. The van der Waals surface area contributed by atoms with E-state index in [4.69, 9.17) is 10.5 Å². The number of hydrogen-bond acceptors (Lipinski definition) is 3. The lowest BCUT2D eigenvalue weighted by molar-refractivity contribution is 0.219. The van der Waals surface area contributed by atoms with E-state index >= 15 is 0 Å². The van der Waals surface area contributed by atoms with E-state index in [2.05, 4.69) is 30.0 Å². The van der Waals surface area contributed by atoms with E-state index in [0.717, 1.165) is 44.8 Å². The summed E-state index contributed by atoms with van der Waals surface area (Å²) >= 11 is 0. The minimum Gasteiger partial charge on any atom is -0.492 e. The van der Waals surface area contributed by atoms with Gasteiger partial charge in [-0.1, -0.05) is 25.1 Å². The molecule has 0 saturated heterocycles. The van der Waals surface area contributed by atoms with E-state index in [1.54, 1.807) is 0 Å². The summed E-state index contributed by atoms with van der Waals surface area (Å²) in [7, 11) is 0. The van der Waals surface area contributed by atoms with Crippen molar-refractivity contribution in [1.82, 2.24) is 4.90 Å². The lowest BCUT2D eigenvalue weighted by Gasteiger charge is -2.20. The highest BCUT2D eigenvalue weighted by Crippen LogP contribution is 2.22. The molecule has 0 aromatic heterocycles. The molecule has 1 aliphatic rings. The van der Waals surface area contributed by atoms with Gasteiger partial charge in [-0.3, -0.25) is 4.90 Å². The number of para-hydroxylation sites is 1. The summed E-state index contributed by atoms with van der Waals surface area (Å²) in [5, 5.41) is 0. The highest BCUT2D eigenvalue weighted by molar-refractivity contribution is 5.33. The van der Waals surface area contributed by atoms with Gasteiger partial charge < -0.3 is 10.5 Å². The molecule has 0 bridgehead atoms. The first-order chi connectivity index (χ1) is 8.29. The molecule has 1 aliphatic heterocycles. The lowest BCUT2D eigenvalue weighted by atomic mass is 10.1. The molecule has 0 fully saturated rings. The Hall–Kier alpha value is -1.06. The van der Waals surface area contributed by atoms with Crippen LogP contribution in [-0.2, 0) is 6.54 Å². The Kier molecular flexibility index (Phi) is 4.40. The molecule has 1 aromatic carbocycles.